The first-order valence-electron chi connectivity index (χ1n) is 7.55. The van der Waals surface area contributed by atoms with Crippen LogP contribution in [0.3, 0.4) is 0 Å². The fourth-order valence-electron chi connectivity index (χ4n) is 2.29. The van der Waals surface area contributed by atoms with Crippen LogP contribution in [-0.4, -0.2) is 36.1 Å². The van der Waals surface area contributed by atoms with Crippen LogP contribution in [-0.2, 0) is 23.8 Å². The average Bonchev–Trinajstić information content (AvgIpc) is 2.89. The molecule has 2 aromatic rings. The van der Waals surface area contributed by atoms with Crippen LogP contribution in [0, 0.1) is 0 Å². The summed E-state index contributed by atoms with van der Waals surface area (Å²) in [5.74, 6) is -4.26. The summed E-state index contributed by atoms with van der Waals surface area (Å²) in [5, 5.41) is 0.176. The number of hydrogen-bond donors (Lipinski definition) is 0. The number of rotatable bonds is 4. The van der Waals surface area contributed by atoms with E-state index in [9.17, 15) is 19.2 Å². The van der Waals surface area contributed by atoms with E-state index in [2.05, 4.69) is 4.74 Å². The molecule has 1 heterocycles. The van der Waals surface area contributed by atoms with Gasteiger partial charge in [-0.15, -0.1) is 0 Å². The van der Waals surface area contributed by atoms with E-state index in [4.69, 9.17) is 32.7 Å². The van der Waals surface area contributed by atoms with Crippen molar-refractivity contribution in [2.75, 3.05) is 0 Å². The smallest absolute Gasteiger partial charge is 0.359 e. The highest BCUT2D eigenvalue weighted by Crippen LogP contribution is 2.24. The number of esters is 4. The minimum absolute atomic E-state index is 0.0255. The predicted molar refractivity (Wildman–Crippen MR) is 92.4 cm³/mol. The van der Waals surface area contributed by atoms with Gasteiger partial charge in [-0.3, -0.25) is 0 Å². The quantitative estimate of drug-likeness (QED) is 0.435. The van der Waals surface area contributed by atoms with E-state index in [-0.39, 0.29) is 21.2 Å². The Hall–Kier alpha value is -2.90. The van der Waals surface area contributed by atoms with Crippen molar-refractivity contribution in [1.29, 1.82) is 0 Å². The number of carbonyl (C=O) groups excluding carboxylic acids is 4. The molecule has 0 aliphatic carbocycles. The predicted octanol–water partition coefficient (Wildman–Crippen LogP) is 2.83. The second-order valence-electron chi connectivity index (χ2n) is 5.35. The Kier molecular flexibility index (Phi) is 5.43. The lowest BCUT2D eigenvalue weighted by molar-refractivity contribution is -0.155. The Morgan fingerprint density at radius 3 is 1.48 bits per heavy atom. The molecular weight excluding hydrogens is 399 g/mol. The number of hydrogen-bond acceptors (Lipinski definition) is 7. The van der Waals surface area contributed by atoms with Crippen LogP contribution in [0.5, 0.6) is 0 Å². The molecule has 0 N–H and O–H groups in total. The van der Waals surface area contributed by atoms with Crippen LogP contribution in [0.15, 0.2) is 48.5 Å². The number of benzene rings is 2. The van der Waals surface area contributed by atoms with E-state index in [1.54, 1.807) is 12.1 Å². The largest absolute Gasteiger partial charge is 0.442 e. The molecule has 1 aliphatic rings. The molecule has 2 aromatic carbocycles. The molecule has 0 saturated carbocycles. The zero-order valence-corrected chi connectivity index (χ0v) is 14.9. The van der Waals surface area contributed by atoms with Crippen molar-refractivity contribution in [3.63, 3.8) is 0 Å². The molecule has 3 rings (SSSR count). The van der Waals surface area contributed by atoms with Crippen molar-refractivity contribution < 1.29 is 33.4 Å². The third-order valence-electron chi connectivity index (χ3n) is 3.60. The number of halogens is 2. The summed E-state index contributed by atoms with van der Waals surface area (Å²) in [5.41, 5.74) is -0.0509. The first-order chi connectivity index (χ1) is 12.9. The highest BCUT2D eigenvalue weighted by molar-refractivity contribution is 6.34. The topological polar surface area (TPSA) is 96.0 Å². The maximum Gasteiger partial charge on any atom is 0.359 e. The molecule has 27 heavy (non-hydrogen) atoms. The summed E-state index contributed by atoms with van der Waals surface area (Å²) in [6.45, 7) is 0. The van der Waals surface area contributed by atoms with Gasteiger partial charge >= 0.3 is 23.9 Å². The second-order valence-corrected chi connectivity index (χ2v) is 6.17. The van der Waals surface area contributed by atoms with Crippen molar-refractivity contribution in [2.45, 2.75) is 12.2 Å². The highest BCUT2D eigenvalue weighted by atomic mass is 35.5. The Bertz CT molecular complexity index is 865. The molecule has 138 valence electrons. The monoisotopic (exact) mass is 408 g/mol. The van der Waals surface area contributed by atoms with Gasteiger partial charge in [-0.05, 0) is 24.3 Å². The van der Waals surface area contributed by atoms with Gasteiger partial charge in [0.1, 0.15) is 0 Å². The van der Waals surface area contributed by atoms with Gasteiger partial charge < -0.3 is 14.2 Å². The van der Waals surface area contributed by atoms with Gasteiger partial charge in [-0.25, -0.2) is 19.2 Å². The second kappa shape index (κ2) is 7.77. The molecule has 7 nitrogen and oxygen atoms in total. The van der Waals surface area contributed by atoms with Gasteiger partial charge in [0.15, 0.2) is 0 Å². The lowest BCUT2D eigenvalue weighted by Gasteiger charge is -2.16. The molecule has 0 unspecified atom stereocenters. The summed E-state index contributed by atoms with van der Waals surface area (Å²) >= 11 is 11.8. The maximum atomic E-state index is 12.2. The zero-order chi connectivity index (χ0) is 19.6. The molecule has 0 amide bonds. The number of ether oxygens (including phenoxy) is 3. The minimum atomic E-state index is -1.76. The van der Waals surface area contributed by atoms with Crippen molar-refractivity contribution in [2.24, 2.45) is 0 Å². The normalized spacial score (nSPS) is 18.7. The first-order valence-corrected chi connectivity index (χ1v) is 8.30. The van der Waals surface area contributed by atoms with Crippen molar-refractivity contribution >= 4 is 47.1 Å². The number of carbonyl (C=O) groups is 4. The molecule has 9 heteroatoms. The van der Waals surface area contributed by atoms with E-state index in [0.29, 0.717) is 0 Å². The molecule has 1 saturated heterocycles. The molecule has 0 bridgehead atoms. The summed E-state index contributed by atoms with van der Waals surface area (Å²) in [6, 6.07) is 11.9. The highest BCUT2D eigenvalue weighted by Gasteiger charge is 2.50. The fourth-order valence-corrected chi connectivity index (χ4v) is 2.72. The average molecular weight is 409 g/mol. The van der Waals surface area contributed by atoms with Crippen LogP contribution in [0.1, 0.15) is 20.7 Å². The third kappa shape index (κ3) is 3.94. The van der Waals surface area contributed by atoms with Crippen LogP contribution in [0.25, 0.3) is 0 Å². The molecule has 0 spiro atoms. The fraction of sp³-hybridized carbons (Fsp3) is 0.111. The van der Waals surface area contributed by atoms with Crippen molar-refractivity contribution in [1.82, 2.24) is 0 Å². The Morgan fingerprint density at radius 2 is 1.11 bits per heavy atom. The maximum absolute atomic E-state index is 12.2. The molecular formula is C18H10Cl2O7. The van der Waals surface area contributed by atoms with E-state index >= 15 is 0 Å². The van der Waals surface area contributed by atoms with Gasteiger partial charge in [0, 0.05) is 0 Å². The lowest BCUT2D eigenvalue weighted by atomic mass is 10.2. The Morgan fingerprint density at radius 1 is 0.741 bits per heavy atom. The summed E-state index contributed by atoms with van der Waals surface area (Å²) in [4.78, 5) is 48.2. The molecule has 0 radical (unpaired) electrons. The molecule has 2 atom stereocenters. The van der Waals surface area contributed by atoms with Gasteiger partial charge in [-0.1, -0.05) is 47.5 Å². The van der Waals surface area contributed by atoms with E-state index in [1.165, 1.54) is 36.4 Å². The van der Waals surface area contributed by atoms with Crippen molar-refractivity contribution in [3.05, 3.63) is 69.7 Å². The van der Waals surface area contributed by atoms with E-state index < -0.39 is 36.1 Å². The summed E-state index contributed by atoms with van der Waals surface area (Å²) in [6.07, 6.45) is -3.51. The lowest BCUT2D eigenvalue weighted by Crippen LogP contribution is -2.37. The van der Waals surface area contributed by atoms with E-state index in [0.717, 1.165) is 0 Å². The van der Waals surface area contributed by atoms with Gasteiger partial charge in [0.05, 0.1) is 21.2 Å². The number of cyclic esters (lactones) is 2. The van der Waals surface area contributed by atoms with Crippen LogP contribution in [0.4, 0.5) is 0 Å². The molecule has 1 fully saturated rings. The first kappa shape index (κ1) is 18.9. The Balaban J connectivity index is 1.79. The van der Waals surface area contributed by atoms with Gasteiger partial charge in [0.25, 0.3) is 0 Å². The minimum Gasteiger partial charge on any atom is -0.442 e. The SMILES string of the molecule is O=C(O[C@@H]1C(=O)OC(=O)[C@H]1OC(=O)c1ccccc1Cl)c1ccccc1Cl. The van der Waals surface area contributed by atoms with Crippen LogP contribution >= 0.6 is 23.2 Å². The zero-order valence-electron chi connectivity index (χ0n) is 13.4. The molecule has 1 aliphatic heterocycles. The molecule has 0 aromatic heterocycles. The van der Waals surface area contributed by atoms with Crippen LogP contribution in [0.2, 0.25) is 10.0 Å². The third-order valence-corrected chi connectivity index (χ3v) is 4.26. The van der Waals surface area contributed by atoms with Crippen molar-refractivity contribution in [3.8, 4) is 0 Å². The standard InChI is InChI=1S/C18H10Cl2O7/c19-11-7-3-1-5-9(11)15(21)25-13-14(18(24)27-17(13)23)26-16(22)10-6-2-4-8-12(10)20/h1-8,13-14H/t13-,14-/m0/s1. The summed E-state index contributed by atoms with van der Waals surface area (Å²) < 4.78 is 14.4. The van der Waals surface area contributed by atoms with E-state index in [1.807, 2.05) is 0 Å². The summed E-state index contributed by atoms with van der Waals surface area (Å²) in [7, 11) is 0. The van der Waals surface area contributed by atoms with Gasteiger partial charge in [0.2, 0.25) is 12.2 Å². The van der Waals surface area contributed by atoms with Gasteiger partial charge in [-0.2, -0.15) is 0 Å². The Labute approximate surface area is 162 Å². The van der Waals surface area contributed by atoms with Crippen LogP contribution < -0.4 is 0 Å².